The highest BCUT2D eigenvalue weighted by Gasteiger charge is 2.13. The Labute approximate surface area is 80.4 Å². The van der Waals surface area contributed by atoms with Crippen molar-refractivity contribution in [3.05, 3.63) is 12.7 Å². The first-order chi connectivity index (χ1) is 6.07. The fraction of sp³-hybridized carbons (Fsp3) is 0.700. The van der Waals surface area contributed by atoms with E-state index in [-0.39, 0.29) is 11.9 Å². The Morgan fingerprint density at radius 1 is 1.62 bits per heavy atom. The number of carbonyl (C=O) groups is 1. The number of nitrogens with one attached hydrogen (secondary N) is 1. The van der Waals surface area contributed by atoms with Crippen LogP contribution in [0.3, 0.4) is 0 Å². The number of nitrogens with two attached hydrogens (primary N) is 1. The van der Waals surface area contributed by atoms with Gasteiger partial charge in [-0.05, 0) is 18.8 Å². The molecule has 0 spiro atoms. The molecule has 3 heteroatoms. The summed E-state index contributed by atoms with van der Waals surface area (Å²) in [7, 11) is 0. The van der Waals surface area contributed by atoms with Crippen LogP contribution in [0.4, 0.5) is 0 Å². The molecule has 3 nitrogen and oxygen atoms in total. The molecule has 1 amide bonds. The van der Waals surface area contributed by atoms with Gasteiger partial charge in [0.2, 0.25) is 5.91 Å². The van der Waals surface area contributed by atoms with E-state index in [2.05, 4.69) is 25.7 Å². The predicted molar refractivity (Wildman–Crippen MR) is 55.3 cm³/mol. The molecule has 0 aromatic rings. The molecule has 0 fully saturated rings. The fourth-order valence-electron chi connectivity index (χ4n) is 1.04. The van der Waals surface area contributed by atoms with E-state index in [0.717, 1.165) is 12.8 Å². The van der Waals surface area contributed by atoms with Crippen LogP contribution in [0, 0.1) is 5.92 Å². The fourth-order valence-corrected chi connectivity index (χ4v) is 1.04. The number of rotatable bonds is 6. The van der Waals surface area contributed by atoms with Crippen molar-refractivity contribution >= 4 is 5.91 Å². The highest BCUT2D eigenvalue weighted by molar-refractivity contribution is 5.81. The van der Waals surface area contributed by atoms with Gasteiger partial charge in [0.1, 0.15) is 0 Å². The lowest BCUT2D eigenvalue weighted by molar-refractivity contribution is -0.122. The Morgan fingerprint density at radius 2 is 2.23 bits per heavy atom. The third kappa shape index (κ3) is 6.34. The molecule has 3 N–H and O–H groups in total. The third-order valence-corrected chi connectivity index (χ3v) is 1.71. The average Bonchev–Trinajstić information content (AvgIpc) is 2.03. The second-order valence-corrected chi connectivity index (χ2v) is 3.60. The molecule has 0 aliphatic rings. The zero-order valence-electron chi connectivity index (χ0n) is 8.55. The van der Waals surface area contributed by atoms with Gasteiger partial charge in [0.25, 0.3) is 0 Å². The number of carbonyl (C=O) groups excluding carboxylic acids is 1. The van der Waals surface area contributed by atoms with Crippen LogP contribution in [-0.2, 0) is 4.79 Å². The first-order valence-electron chi connectivity index (χ1n) is 4.72. The third-order valence-electron chi connectivity index (χ3n) is 1.71. The van der Waals surface area contributed by atoms with E-state index >= 15 is 0 Å². The Morgan fingerprint density at radius 3 is 2.69 bits per heavy atom. The molecule has 0 bridgehead atoms. The van der Waals surface area contributed by atoms with Crippen molar-refractivity contribution in [3.63, 3.8) is 0 Å². The minimum absolute atomic E-state index is 0.0597. The van der Waals surface area contributed by atoms with Crippen molar-refractivity contribution in [2.24, 2.45) is 11.7 Å². The number of amides is 1. The second kappa shape index (κ2) is 6.66. The molecule has 1 atom stereocenters. The van der Waals surface area contributed by atoms with E-state index in [1.807, 2.05) is 0 Å². The standard InChI is InChI=1S/C10H20N2O/c1-4-5-6-12-10(13)9(11)7-8(2)3/h4,8-9H,1,5-7,11H2,2-3H3,(H,12,13)/t9-/m0/s1. The Bertz CT molecular complexity index is 166. The lowest BCUT2D eigenvalue weighted by Crippen LogP contribution is -2.41. The summed E-state index contributed by atoms with van der Waals surface area (Å²) in [6.45, 7) is 8.31. The summed E-state index contributed by atoms with van der Waals surface area (Å²) >= 11 is 0. The van der Waals surface area contributed by atoms with Gasteiger partial charge in [0, 0.05) is 6.54 Å². The Hall–Kier alpha value is -0.830. The Balaban J connectivity index is 3.62. The molecule has 0 aliphatic heterocycles. The zero-order chi connectivity index (χ0) is 10.3. The molecule has 13 heavy (non-hydrogen) atoms. The van der Waals surface area contributed by atoms with Crippen molar-refractivity contribution in [2.75, 3.05) is 6.54 Å². The maximum Gasteiger partial charge on any atom is 0.236 e. The summed E-state index contributed by atoms with van der Waals surface area (Å²) in [4.78, 5) is 11.3. The minimum Gasteiger partial charge on any atom is -0.354 e. The molecule has 0 aromatic carbocycles. The topological polar surface area (TPSA) is 55.1 Å². The van der Waals surface area contributed by atoms with Gasteiger partial charge in [0.05, 0.1) is 6.04 Å². The van der Waals surface area contributed by atoms with Gasteiger partial charge < -0.3 is 11.1 Å². The monoisotopic (exact) mass is 184 g/mol. The summed E-state index contributed by atoms with van der Waals surface area (Å²) in [5, 5.41) is 2.75. The van der Waals surface area contributed by atoms with Crippen LogP contribution in [-0.4, -0.2) is 18.5 Å². The summed E-state index contributed by atoms with van der Waals surface area (Å²) in [5.41, 5.74) is 5.66. The van der Waals surface area contributed by atoms with Gasteiger partial charge in [0.15, 0.2) is 0 Å². The molecular formula is C10H20N2O. The lowest BCUT2D eigenvalue weighted by Gasteiger charge is -2.13. The summed E-state index contributed by atoms with van der Waals surface area (Å²) < 4.78 is 0. The van der Waals surface area contributed by atoms with Crippen molar-refractivity contribution in [2.45, 2.75) is 32.7 Å². The van der Waals surface area contributed by atoms with E-state index in [1.54, 1.807) is 6.08 Å². The van der Waals surface area contributed by atoms with Crippen molar-refractivity contribution in [1.29, 1.82) is 0 Å². The van der Waals surface area contributed by atoms with E-state index in [4.69, 9.17) is 5.73 Å². The van der Waals surface area contributed by atoms with Crippen LogP contribution >= 0.6 is 0 Å². The molecule has 0 aliphatic carbocycles. The van der Waals surface area contributed by atoms with Crippen molar-refractivity contribution in [3.8, 4) is 0 Å². The first-order valence-corrected chi connectivity index (χ1v) is 4.72. The van der Waals surface area contributed by atoms with Gasteiger partial charge in [-0.3, -0.25) is 4.79 Å². The number of hydrogen-bond donors (Lipinski definition) is 2. The van der Waals surface area contributed by atoms with E-state index in [1.165, 1.54) is 0 Å². The molecule has 0 saturated carbocycles. The maximum atomic E-state index is 11.3. The highest BCUT2D eigenvalue weighted by atomic mass is 16.2. The average molecular weight is 184 g/mol. The zero-order valence-corrected chi connectivity index (χ0v) is 8.55. The van der Waals surface area contributed by atoms with Crippen LogP contribution in [0.1, 0.15) is 26.7 Å². The molecule has 0 heterocycles. The minimum atomic E-state index is -0.371. The quantitative estimate of drug-likeness (QED) is 0.479. The molecule has 0 saturated heterocycles. The number of hydrogen-bond acceptors (Lipinski definition) is 2. The van der Waals surface area contributed by atoms with Crippen LogP contribution in [0.2, 0.25) is 0 Å². The van der Waals surface area contributed by atoms with E-state index in [9.17, 15) is 4.79 Å². The van der Waals surface area contributed by atoms with Crippen LogP contribution in [0.25, 0.3) is 0 Å². The van der Waals surface area contributed by atoms with Gasteiger partial charge in [-0.15, -0.1) is 6.58 Å². The summed E-state index contributed by atoms with van der Waals surface area (Å²) in [6.07, 6.45) is 3.30. The van der Waals surface area contributed by atoms with Crippen LogP contribution in [0.5, 0.6) is 0 Å². The van der Waals surface area contributed by atoms with Gasteiger partial charge in [-0.2, -0.15) is 0 Å². The van der Waals surface area contributed by atoms with Gasteiger partial charge in [-0.25, -0.2) is 0 Å². The molecule has 0 unspecified atom stereocenters. The SMILES string of the molecule is C=CCCNC(=O)[C@@H](N)CC(C)C. The maximum absolute atomic E-state index is 11.3. The van der Waals surface area contributed by atoms with Gasteiger partial charge in [-0.1, -0.05) is 19.9 Å². The van der Waals surface area contributed by atoms with Crippen LogP contribution < -0.4 is 11.1 Å². The molecule has 76 valence electrons. The Kier molecular flexibility index (Phi) is 6.24. The summed E-state index contributed by atoms with van der Waals surface area (Å²) in [6, 6.07) is -0.371. The van der Waals surface area contributed by atoms with Gasteiger partial charge >= 0.3 is 0 Å². The van der Waals surface area contributed by atoms with Crippen LogP contribution in [0.15, 0.2) is 12.7 Å². The second-order valence-electron chi connectivity index (χ2n) is 3.60. The molecule has 0 radical (unpaired) electrons. The van der Waals surface area contributed by atoms with E-state index < -0.39 is 0 Å². The smallest absolute Gasteiger partial charge is 0.236 e. The highest BCUT2D eigenvalue weighted by Crippen LogP contribution is 2.02. The van der Waals surface area contributed by atoms with Crippen molar-refractivity contribution in [1.82, 2.24) is 5.32 Å². The van der Waals surface area contributed by atoms with E-state index in [0.29, 0.717) is 12.5 Å². The summed E-state index contributed by atoms with van der Waals surface area (Å²) in [5.74, 6) is 0.399. The largest absolute Gasteiger partial charge is 0.354 e. The molecule has 0 aromatic heterocycles. The molecule has 0 rings (SSSR count). The van der Waals surface area contributed by atoms with Crippen molar-refractivity contribution < 1.29 is 4.79 Å². The molecular weight excluding hydrogens is 164 g/mol. The predicted octanol–water partition coefficient (Wildman–Crippen LogP) is 1.05. The lowest BCUT2D eigenvalue weighted by atomic mass is 10.0. The first kappa shape index (κ1) is 12.2. The normalized spacial score (nSPS) is 12.6.